The van der Waals surface area contributed by atoms with E-state index in [2.05, 4.69) is 75.6 Å². The topological polar surface area (TPSA) is 78.6 Å². The molecule has 3 aliphatic rings. The number of hydrogen-bond donors (Lipinski definition) is 3. The van der Waals surface area contributed by atoms with E-state index in [1.807, 2.05) is 43.5 Å². The summed E-state index contributed by atoms with van der Waals surface area (Å²) >= 11 is 0. The number of benzene rings is 3. The lowest BCUT2D eigenvalue weighted by atomic mass is 9.77. The summed E-state index contributed by atoms with van der Waals surface area (Å²) in [4.78, 5) is 11.7. The van der Waals surface area contributed by atoms with E-state index in [1.54, 1.807) is 12.3 Å². The Morgan fingerprint density at radius 2 is 1.84 bits per heavy atom. The van der Waals surface area contributed by atoms with Crippen LogP contribution in [0, 0.1) is 11.7 Å². The van der Waals surface area contributed by atoms with Crippen LogP contribution in [0.25, 0.3) is 27.9 Å². The first-order chi connectivity index (χ1) is 23.9. The summed E-state index contributed by atoms with van der Waals surface area (Å²) in [5.74, 6) is 0.141. The number of hydrogen-bond acceptors (Lipinski definition) is 6. The maximum absolute atomic E-state index is 13.8. The molecule has 4 N–H and O–H groups in total. The zero-order valence-corrected chi connectivity index (χ0v) is 27.5. The van der Waals surface area contributed by atoms with E-state index < -0.39 is 5.83 Å². The van der Waals surface area contributed by atoms with E-state index in [0.717, 1.165) is 63.1 Å². The largest absolute Gasteiger partial charge is 0.382 e. The normalized spacial score (nSPS) is 21.0. The van der Waals surface area contributed by atoms with Gasteiger partial charge in [-0.05, 0) is 62.1 Å². The number of nitrogens with one attached hydrogen (secondary N) is 2. The molecule has 3 aromatic carbocycles. The van der Waals surface area contributed by atoms with Gasteiger partial charge >= 0.3 is 0 Å². The van der Waals surface area contributed by atoms with Gasteiger partial charge in [-0.1, -0.05) is 85.0 Å². The van der Waals surface area contributed by atoms with Crippen molar-refractivity contribution in [2.45, 2.75) is 44.3 Å². The van der Waals surface area contributed by atoms with Crippen LogP contribution in [0.1, 0.15) is 43.2 Å². The van der Waals surface area contributed by atoms with Crippen molar-refractivity contribution in [3.63, 3.8) is 0 Å². The van der Waals surface area contributed by atoms with Crippen LogP contribution >= 0.6 is 0 Å². The highest BCUT2D eigenvalue weighted by molar-refractivity contribution is 6.05. The van der Waals surface area contributed by atoms with Crippen molar-refractivity contribution < 1.29 is 8.78 Å². The SMILES string of the molecule is C=C(F)/C=C\C/C(=C\C)C(CNC1CC(C2NC(c3ccc4ccc(-c5ccccc5)nc4c3)=C3C(N)=NC=CN32)C1)c1ccc(F)cc1. The number of pyridine rings is 1. The predicted octanol–water partition coefficient (Wildman–Crippen LogP) is 8.31. The third-order valence-electron chi connectivity index (χ3n) is 9.80. The molecule has 3 heterocycles. The van der Waals surface area contributed by atoms with Crippen LogP contribution in [0.4, 0.5) is 8.78 Å². The monoisotopic (exact) mass is 654 g/mol. The Hall–Kier alpha value is -5.34. The Balaban J connectivity index is 1.06. The van der Waals surface area contributed by atoms with Crippen LogP contribution in [-0.4, -0.2) is 34.5 Å². The number of aromatic nitrogens is 1. The molecular formula is C41H40F2N6. The molecule has 49 heavy (non-hydrogen) atoms. The fraction of sp³-hybridized carbons (Fsp3) is 0.220. The van der Waals surface area contributed by atoms with Crippen LogP contribution in [0.15, 0.2) is 144 Å². The number of allylic oxidation sites excluding steroid dienone is 4. The van der Waals surface area contributed by atoms with E-state index in [9.17, 15) is 8.78 Å². The van der Waals surface area contributed by atoms with Crippen molar-refractivity contribution in [2.24, 2.45) is 16.6 Å². The molecule has 4 aromatic rings. The average molecular weight is 655 g/mol. The Morgan fingerprint density at radius 1 is 1.06 bits per heavy atom. The second-order valence-electron chi connectivity index (χ2n) is 12.9. The summed E-state index contributed by atoms with van der Waals surface area (Å²) in [6.45, 7) is 6.01. The Labute approximate surface area is 286 Å². The van der Waals surface area contributed by atoms with Gasteiger partial charge in [0, 0.05) is 53.3 Å². The van der Waals surface area contributed by atoms with Gasteiger partial charge < -0.3 is 21.3 Å². The standard InChI is InChI=1S/C41H40F2N6/c1-3-27(11-7-8-26(2)42)35(28-14-17-33(43)18-15-28)25-46-34-22-32(23-34)41-48-38(39-40(44)45-20-21-49(39)41)31-13-12-30-16-19-36(47-37(30)24-31)29-9-5-4-6-10-29/h3-10,12-21,24,32,34-35,41,46,48H,2,11,22-23,25H2,1H3,(H2,44,45)/b8-7-,27-3+. The Bertz CT molecular complexity index is 2010. The quantitative estimate of drug-likeness (QED) is 0.112. The molecule has 7 rings (SSSR count). The van der Waals surface area contributed by atoms with E-state index >= 15 is 0 Å². The highest BCUT2D eigenvalue weighted by atomic mass is 19.1. The molecule has 2 atom stereocenters. The van der Waals surface area contributed by atoms with Crippen molar-refractivity contribution >= 4 is 22.4 Å². The second kappa shape index (κ2) is 14.0. The molecule has 0 bridgehead atoms. The molecule has 1 fully saturated rings. The minimum atomic E-state index is -0.472. The molecule has 0 radical (unpaired) electrons. The van der Waals surface area contributed by atoms with Gasteiger partial charge in [0.2, 0.25) is 0 Å². The molecule has 1 aromatic heterocycles. The summed E-state index contributed by atoms with van der Waals surface area (Å²) in [6, 6.07) is 27.7. The number of aliphatic imine (C=N–C) groups is 1. The first kappa shape index (κ1) is 32.2. The van der Waals surface area contributed by atoms with Crippen LogP contribution in [0.3, 0.4) is 0 Å². The zero-order chi connectivity index (χ0) is 33.9. The minimum Gasteiger partial charge on any atom is -0.382 e. The van der Waals surface area contributed by atoms with E-state index in [-0.39, 0.29) is 17.9 Å². The van der Waals surface area contributed by atoms with Crippen LogP contribution in [0.5, 0.6) is 0 Å². The average Bonchev–Trinajstić information content (AvgIpc) is 3.49. The Kier molecular flexibility index (Phi) is 9.22. The number of amidine groups is 1. The predicted molar refractivity (Wildman–Crippen MR) is 195 cm³/mol. The van der Waals surface area contributed by atoms with Gasteiger partial charge in [0.1, 0.15) is 29.3 Å². The van der Waals surface area contributed by atoms with Gasteiger partial charge in [-0.15, -0.1) is 0 Å². The highest BCUT2D eigenvalue weighted by Gasteiger charge is 2.44. The molecule has 2 unspecified atom stereocenters. The van der Waals surface area contributed by atoms with Crippen molar-refractivity contribution in [2.75, 3.05) is 6.54 Å². The van der Waals surface area contributed by atoms with Crippen LogP contribution in [0.2, 0.25) is 0 Å². The summed E-state index contributed by atoms with van der Waals surface area (Å²) in [6.07, 6.45) is 11.6. The van der Waals surface area contributed by atoms with Crippen LogP contribution < -0.4 is 16.4 Å². The highest BCUT2D eigenvalue weighted by Crippen LogP contribution is 2.41. The lowest BCUT2D eigenvalue weighted by Crippen LogP contribution is -2.53. The van der Waals surface area contributed by atoms with E-state index in [4.69, 9.17) is 10.7 Å². The summed E-state index contributed by atoms with van der Waals surface area (Å²) in [7, 11) is 0. The molecule has 6 nitrogen and oxygen atoms in total. The molecule has 0 amide bonds. The number of fused-ring (bicyclic) bond motifs is 2. The summed E-state index contributed by atoms with van der Waals surface area (Å²) < 4.78 is 27.1. The summed E-state index contributed by atoms with van der Waals surface area (Å²) in [5, 5.41) is 8.67. The number of nitrogens with two attached hydrogens (primary N) is 1. The van der Waals surface area contributed by atoms with Crippen molar-refractivity contribution in [1.29, 1.82) is 0 Å². The smallest absolute Gasteiger partial charge is 0.149 e. The van der Waals surface area contributed by atoms with Gasteiger partial charge in [0.05, 0.1) is 16.9 Å². The first-order valence-corrected chi connectivity index (χ1v) is 16.8. The maximum atomic E-state index is 13.8. The van der Waals surface area contributed by atoms with Gasteiger partial charge in [-0.2, -0.15) is 0 Å². The molecule has 0 spiro atoms. The maximum Gasteiger partial charge on any atom is 0.149 e. The number of nitrogens with zero attached hydrogens (tertiary/aromatic N) is 3. The fourth-order valence-electron chi connectivity index (χ4n) is 7.15. The van der Waals surface area contributed by atoms with Crippen molar-refractivity contribution in [3.8, 4) is 11.3 Å². The molecule has 1 aliphatic carbocycles. The summed E-state index contributed by atoms with van der Waals surface area (Å²) in [5.41, 5.74) is 14.5. The van der Waals surface area contributed by atoms with Gasteiger partial charge in [0.25, 0.3) is 0 Å². The minimum absolute atomic E-state index is 0.0246. The fourth-order valence-corrected chi connectivity index (χ4v) is 7.15. The van der Waals surface area contributed by atoms with E-state index in [0.29, 0.717) is 30.8 Å². The lowest BCUT2D eigenvalue weighted by molar-refractivity contribution is 0.123. The van der Waals surface area contributed by atoms with Crippen molar-refractivity contribution in [1.82, 2.24) is 20.5 Å². The van der Waals surface area contributed by atoms with Gasteiger partial charge in [-0.3, -0.25) is 0 Å². The van der Waals surface area contributed by atoms with Gasteiger partial charge in [-0.25, -0.2) is 18.8 Å². The van der Waals surface area contributed by atoms with Crippen LogP contribution in [-0.2, 0) is 0 Å². The molecule has 248 valence electrons. The molecule has 0 saturated heterocycles. The third kappa shape index (κ3) is 6.82. The number of rotatable bonds is 11. The second-order valence-corrected chi connectivity index (χ2v) is 12.9. The first-order valence-electron chi connectivity index (χ1n) is 16.8. The molecule has 2 aliphatic heterocycles. The molecule has 1 saturated carbocycles. The Morgan fingerprint density at radius 3 is 2.59 bits per heavy atom. The van der Waals surface area contributed by atoms with E-state index in [1.165, 1.54) is 18.2 Å². The van der Waals surface area contributed by atoms with Crippen molar-refractivity contribution in [3.05, 3.63) is 156 Å². The zero-order valence-electron chi connectivity index (χ0n) is 27.5. The van der Waals surface area contributed by atoms with Gasteiger partial charge in [0.15, 0.2) is 0 Å². The molecule has 8 heteroatoms. The third-order valence-corrected chi connectivity index (χ3v) is 9.80. The lowest BCUT2D eigenvalue weighted by Gasteiger charge is -2.43. The number of halogens is 2. The molecular weight excluding hydrogens is 614 g/mol.